The van der Waals surface area contributed by atoms with Gasteiger partial charge in [-0.3, -0.25) is 0 Å². The molecule has 0 spiro atoms. The highest BCUT2D eigenvalue weighted by molar-refractivity contribution is 7.91. The molecular formula is C26H25N5O2S2. The van der Waals surface area contributed by atoms with Crippen LogP contribution in [-0.2, 0) is 23.0 Å². The number of rotatable bonds is 6. The van der Waals surface area contributed by atoms with E-state index in [-0.39, 0.29) is 18.6 Å². The molecule has 2 aromatic heterocycles. The van der Waals surface area contributed by atoms with Crippen LogP contribution in [0.3, 0.4) is 0 Å². The lowest BCUT2D eigenvalue weighted by atomic mass is 10.0. The van der Waals surface area contributed by atoms with Gasteiger partial charge in [-0.05, 0) is 54.1 Å². The predicted molar refractivity (Wildman–Crippen MR) is 136 cm³/mol. The number of thiophene rings is 1. The molecule has 9 heteroatoms. The van der Waals surface area contributed by atoms with Gasteiger partial charge in [0, 0.05) is 24.8 Å². The summed E-state index contributed by atoms with van der Waals surface area (Å²) < 4.78 is 29.8. The Morgan fingerprint density at radius 3 is 2.71 bits per heavy atom. The first-order chi connectivity index (χ1) is 17.0. The Balaban J connectivity index is 1.65. The molecule has 0 amide bonds. The molecule has 0 saturated carbocycles. The number of sulfonamides is 1. The lowest BCUT2D eigenvalue weighted by molar-refractivity contribution is 0.315. The Bertz CT molecular complexity index is 1430. The summed E-state index contributed by atoms with van der Waals surface area (Å²) >= 11 is 1.22. The monoisotopic (exact) mass is 503 g/mol. The SMILES string of the molecule is CC(c1cnc[nH]1)N1CC(Cc2ccccc2)N(S(=O)(=O)c2cccs2)Cc2cc(C#N)ccc21. The molecule has 0 aliphatic carbocycles. The van der Waals surface area contributed by atoms with E-state index in [2.05, 4.69) is 27.9 Å². The molecule has 1 N–H and O–H groups in total. The third kappa shape index (κ3) is 4.60. The molecule has 1 aliphatic heterocycles. The van der Waals surface area contributed by atoms with Gasteiger partial charge in [0.2, 0.25) is 0 Å². The number of H-pyrrole nitrogens is 1. The second-order valence-corrected chi connectivity index (χ2v) is 11.7. The highest BCUT2D eigenvalue weighted by atomic mass is 32.2. The predicted octanol–water partition coefficient (Wildman–Crippen LogP) is 4.73. The van der Waals surface area contributed by atoms with E-state index < -0.39 is 10.0 Å². The van der Waals surface area contributed by atoms with Gasteiger partial charge in [-0.25, -0.2) is 13.4 Å². The zero-order valence-electron chi connectivity index (χ0n) is 19.2. The van der Waals surface area contributed by atoms with Crippen LogP contribution in [0.15, 0.2) is 82.8 Å². The molecular weight excluding hydrogens is 478 g/mol. The summed E-state index contributed by atoms with van der Waals surface area (Å²) in [7, 11) is -3.75. The number of nitriles is 1. The van der Waals surface area contributed by atoms with Crippen molar-refractivity contribution >= 4 is 27.0 Å². The van der Waals surface area contributed by atoms with Crippen molar-refractivity contribution in [2.75, 3.05) is 11.4 Å². The van der Waals surface area contributed by atoms with E-state index in [0.29, 0.717) is 22.7 Å². The molecule has 3 heterocycles. The minimum Gasteiger partial charge on any atom is -0.361 e. The second-order valence-electron chi connectivity index (χ2n) is 8.62. The van der Waals surface area contributed by atoms with Gasteiger partial charge in [-0.15, -0.1) is 11.3 Å². The van der Waals surface area contributed by atoms with Gasteiger partial charge in [-0.1, -0.05) is 36.4 Å². The number of benzene rings is 2. The molecule has 1 aliphatic rings. The van der Waals surface area contributed by atoms with Crippen LogP contribution in [0.1, 0.15) is 35.3 Å². The van der Waals surface area contributed by atoms with Gasteiger partial charge in [-0.2, -0.15) is 9.57 Å². The zero-order valence-corrected chi connectivity index (χ0v) is 20.8. The lowest BCUT2D eigenvalue weighted by Crippen LogP contribution is -2.46. The number of imidazole rings is 1. The molecule has 2 aromatic carbocycles. The molecule has 178 valence electrons. The number of nitrogens with zero attached hydrogens (tertiary/aromatic N) is 4. The maximum atomic E-state index is 13.9. The largest absolute Gasteiger partial charge is 0.361 e. The van der Waals surface area contributed by atoms with E-state index in [0.717, 1.165) is 22.5 Å². The third-order valence-electron chi connectivity index (χ3n) is 6.47. The van der Waals surface area contributed by atoms with Crippen LogP contribution in [-0.4, -0.2) is 35.3 Å². The van der Waals surface area contributed by atoms with Crippen molar-refractivity contribution in [2.24, 2.45) is 0 Å². The number of aromatic nitrogens is 2. The number of aromatic amines is 1. The van der Waals surface area contributed by atoms with Crippen LogP contribution < -0.4 is 4.90 Å². The van der Waals surface area contributed by atoms with E-state index in [1.807, 2.05) is 42.5 Å². The smallest absolute Gasteiger partial charge is 0.253 e. The summed E-state index contributed by atoms with van der Waals surface area (Å²) in [5.41, 5.74) is 4.25. The second kappa shape index (κ2) is 9.66. The first-order valence-electron chi connectivity index (χ1n) is 11.3. The summed E-state index contributed by atoms with van der Waals surface area (Å²) in [6, 6.07) is 20.7. The summed E-state index contributed by atoms with van der Waals surface area (Å²) in [6.45, 7) is 2.76. The number of anilines is 1. The summed E-state index contributed by atoms with van der Waals surface area (Å²) in [6.07, 6.45) is 4.01. The average molecular weight is 504 g/mol. The van der Waals surface area contributed by atoms with Crippen LogP contribution in [0.2, 0.25) is 0 Å². The fourth-order valence-corrected chi connectivity index (χ4v) is 7.38. The zero-order chi connectivity index (χ0) is 24.4. The van der Waals surface area contributed by atoms with Crippen molar-refractivity contribution in [2.45, 2.75) is 36.2 Å². The quantitative estimate of drug-likeness (QED) is 0.411. The molecule has 5 rings (SSSR count). The van der Waals surface area contributed by atoms with Crippen LogP contribution >= 0.6 is 11.3 Å². The molecule has 0 radical (unpaired) electrons. The van der Waals surface area contributed by atoms with Crippen molar-refractivity contribution in [1.29, 1.82) is 5.26 Å². The fraction of sp³-hybridized carbons (Fsp3) is 0.231. The number of hydrogen-bond donors (Lipinski definition) is 1. The molecule has 2 unspecified atom stereocenters. The van der Waals surface area contributed by atoms with E-state index in [4.69, 9.17) is 0 Å². The van der Waals surface area contributed by atoms with Crippen molar-refractivity contribution in [3.63, 3.8) is 0 Å². The first-order valence-corrected chi connectivity index (χ1v) is 13.7. The minimum absolute atomic E-state index is 0.0770. The van der Waals surface area contributed by atoms with Crippen LogP contribution in [0.25, 0.3) is 0 Å². The number of hydrogen-bond acceptors (Lipinski definition) is 6. The average Bonchev–Trinajstić information content (AvgIpc) is 3.58. The van der Waals surface area contributed by atoms with Crippen molar-refractivity contribution in [3.05, 3.63) is 101 Å². The molecule has 0 bridgehead atoms. The number of nitrogens with one attached hydrogen (secondary N) is 1. The van der Waals surface area contributed by atoms with Crippen molar-refractivity contribution in [3.8, 4) is 6.07 Å². The molecule has 0 saturated heterocycles. The minimum atomic E-state index is -3.75. The summed E-state index contributed by atoms with van der Waals surface area (Å²) in [5.74, 6) is 0. The Labute approximate surface area is 209 Å². The van der Waals surface area contributed by atoms with Crippen molar-refractivity contribution in [1.82, 2.24) is 14.3 Å². The standard InChI is InChI=1S/C26H25N5O2S2/c1-19(24-15-28-18-29-24)30-17-23(13-20-6-3-2-4-7-20)31(35(32,33)26-8-5-11-34-26)16-22-12-21(14-27)9-10-25(22)30/h2-12,15,18-19,23H,13,16-17H2,1H3,(H,28,29). The fourth-order valence-electron chi connectivity index (χ4n) is 4.66. The van der Waals surface area contributed by atoms with Gasteiger partial charge in [0.05, 0.1) is 35.9 Å². The lowest BCUT2D eigenvalue weighted by Gasteiger charge is -2.35. The van der Waals surface area contributed by atoms with Gasteiger partial charge < -0.3 is 9.88 Å². The third-order valence-corrected chi connectivity index (χ3v) is 9.74. The Morgan fingerprint density at radius 2 is 2.03 bits per heavy atom. The van der Waals surface area contributed by atoms with Crippen molar-refractivity contribution < 1.29 is 8.42 Å². The summed E-state index contributed by atoms with van der Waals surface area (Å²) in [4.78, 5) is 9.61. The maximum Gasteiger partial charge on any atom is 0.253 e. The molecule has 0 fully saturated rings. The molecule has 35 heavy (non-hydrogen) atoms. The Morgan fingerprint density at radius 1 is 1.20 bits per heavy atom. The van der Waals surface area contributed by atoms with Crippen LogP contribution in [0.5, 0.6) is 0 Å². The highest BCUT2D eigenvalue weighted by Crippen LogP contribution is 2.37. The highest BCUT2D eigenvalue weighted by Gasteiger charge is 2.38. The van der Waals surface area contributed by atoms with Gasteiger partial charge >= 0.3 is 0 Å². The summed E-state index contributed by atoms with van der Waals surface area (Å²) in [5, 5.41) is 11.3. The van der Waals surface area contributed by atoms with E-state index in [9.17, 15) is 13.7 Å². The number of fused-ring (bicyclic) bond motifs is 1. The Hall–Kier alpha value is -3.45. The van der Waals surface area contributed by atoms with Crippen LogP contribution in [0, 0.1) is 11.3 Å². The van der Waals surface area contributed by atoms with Gasteiger partial charge in [0.25, 0.3) is 10.0 Å². The van der Waals surface area contributed by atoms with Gasteiger partial charge in [0.15, 0.2) is 0 Å². The van der Waals surface area contributed by atoms with E-state index in [1.165, 1.54) is 11.3 Å². The topological polar surface area (TPSA) is 93.1 Å². The van der Waals surface area contributed by atoms with Crippen LogP contribution in [0.4, 0.5) is 5.69 Å². The first kappa shape index (κ1) is 23.3. The normalized spacial score (nSPS) is 17.4. The molecule has 4 aromatic rings. The molecule has 2 atom stereocenters. The van der Waals surface area contributed by atoms with Gasteiger partial charge in [0.1, 0.15) is 4.21 Å². The van der Waals surface area contributed by atoms with E-state index in [1.54, 1.807) is 40.4 Å². The molecule has 7 nitrogen and oxygen atoms in total. The Kier molecular flexibility index (Phi) is 6.43. The van der Waals surface area contributed by atoms with E-state index >= 15 is 0 Å². The maximum absolute atomic E-state index is 13.9.